The highest BCUT2D eigenvalue weighted by atomic mass is 32.2. The first-order chi connectivity index (χ1) is 12.7. The first-order valence-electron chi connectivity index (χ1n) is 8.01. The van der Waals surface area contributed by atoms with E-state index < -0.39 is 0 Å². The molecule has 26 heavy (non-hydrogen) atoms. The quantitative estimate of drug-likeness (QED) is 0.381. The molecule has 0 saturated heterocycles. The van der Waals surface area contributed by atoms with Gasteiger partial charge in [0.25, 0.3) is 0 Å². The van der Waals surface area contributed by atoms with Crippen LogP contribution in [-0.2, 0) is 5.75 Å². The number of ether oxygens (including phenoxy) is 1. The van der Waals surface area contributed by atoms with Crippen molar-refractivity contribution in [1.82, 2.24) is 10.2 Å². The highest BCUT2D eigenvalue weighted by Crippen LogP contribution is 2.33. The molecular weight excluding hydrogens is 384 g/mol. The van der Waals surface area contributed by atoms with Gasteiger partial charge in [-0.3, -0.25) is 4.79 Å². The van der Waals surface area contributed by atoms with Crippen molar-refractivity contribution in [3.8, 4) is 5.75 Å². The van der Waals surface area contributed by atoms with E-state index in [4.69, 9.17) is 4.74 Å². The number of carbonyl (C=O) groups excluding carboxylic acids is 1. The van der Waals surface area contributed by atoms with Gasteiger partial charge in [0.2, 0.25) is 0 Å². The third-order valence-electron chi connectivity index (χ3n) is 3.61. The normalized spacial score (nSPS) is 11.9. The van der Waals surface area contributed by atoms with Gasteiger partial charge in [0, 0.05) is 11.3 Å². The predicted octanol–water partition coefficient (Wildman–Crippen LogP) is 5.20. The molecule has 2 aromatic carbocycles. The van der Waals surface area contributed by atoms with Gasteiger partial charge in [0.15, 0.2) is 14.5 Å². The Morgan fingerprint density at radius 1 is 1.08 bits per heavy atom. The summed E-state index contributed by atoms with van der Waals surface area (Å²) in [6, 6.07) is 17.3. The molecule has 1 atom stereocenters. The molecule has 0 aliphatic heterocycles. The summed E-state index contributed by atoms with van der Waals surface area (Å²) in [4.78, 5) is 12.4. The minimum Gasteiger partial charge on any atom is -0.497 e. The van der Waals surface area contributed by atoms with E-state index in [-0.39, 0.29) is 11.0 Å². The van der Waals surface area contributed by atoms with E-state index in [1.807, 2.05) is 61.5 Å². The van der Waals surface area contributed by atoms with Gasteiger partial charge in [0.05, 0.1) is 12.4 Å². The molecule has 7 heteroatoms. The van der Waals surface area contributed by atoms with E-state index in [2.05, 4.69) is 10.2 Å². The second kappa shape index (κ2) is 9.21. The van der Waals surface area contributed by atoms with Crippen molar-refractivity contribution in [2.75, 3.05) is 7.11 Å². The average Bonchev–Trinajstić information content (AvgIpc) is 3.14. The van der Waals surface area contributed by atoms with Crippen molar-refractivity contribution in [3.63, 3.8) is 0 Å². The van der Waals surface area contributed by atoms with E-state index >= 15 is 0 Å². The molecule has 0 spiro atoms. The zero-order valence-electron chi connectivity index (χ0n) is 14.4. The van der Waals surface area contributed by atoms with Gasteiger partial charge in [-0.1, -0.05) is 77.3 Å². The molecule has 1 unspecified atom stereocenters. The molecule has 0 N–H and O–H groups in total. The SMILES string of the molecule is COc1ccc(CSc2nnc(SC(C)C(=O)c3ccccc3)s2)cc1. The number of methoxy groups -OCH3 is 1. The molecule has 0 amide bonds. The van der Waals surface area contributed by atoms with Crippen molar-refractivity contribution in [3.05, 3.63) is 65.7 Å². The molecule has 3 rings (SSSR count). The maximum Gasteiger partial charge on any atom is 0.175 e. The second-order valence-corrected chi connectivity index (χ2v) is 9.25. The summed E-state index contributed by atoms with van der Waals surface area (Å²) in [5.41, 5.74) is 1.93. The monoisotopic (exact) mass is 402 g/mol. The molecule has 1 aromatic heterocycles. The third-order valence-corrected chi connectivity index (χ3v) is 6.93. The van der Waals surface area contributed by atoms with Crippen LogP contribution in [0.4, 0.5) is 0 Å². The molecule has 0 saturated carbocycles. The fraction of sp³-hybridized carbons (Fsp3) is 0.211. The van der Waals surface area contributed by atoms with E-state index in [1.165, 1.54) is 28.7 Å². The highest BCUT2D eigenvalue weighted by Gasteiger charge is 2.18. The molecule has 4 nitrogen and oxygen atoms in total. The Labute approximate surface area is 165 Å². The van der Waals surface area contributed by atoms with Crippen LogP contribution < -0.4 is 4.74 Å². The second-order valence-electron chi connectivity index (χ2n) is 5.46. The van der Waals surface area contributed by atoms with Crippen LogP contribution in [0.5, 0.6) is 5.75 Å². The van der Waals surface area contributed by atoms with Crippen LogP contribution in [0.25, 0.3) is 0 Å². The summed E-state index contributed by atoms with van der Waals surface area (Å²) >= 11 is 4.63. The topological polar surface area (TPSA) is 52.1 Å². The van der Waals surface area contributed by atoms with Gasteiger partial charge in [-0.05, 0) is 24.6 Å². The molecule has 3 aromatic rings. The number of rotatable bonds is 8. The predicted molar refractivity (Wildman–Crippen MR) is 109 cm³/mol. The maximum absolute atomic E-state index is 12.4. The highest BCUT2D eigenvalue weighted by molar-refractivity contribution is 8.03. The average molecular weight is 403 g/mol. The number of hydrogen-bond acceptors (Lipinski definition) is 7. The Kier molecular flexibility index (Phi) is 6.71. The zero-order chi connectivity index (χ0) is 18.4. The number of nitrogens with zero attached hydrogens (tertiary/aromatic N) is 2. The Hall–Kier alpha value is -1.83. The number of Topliss-reactive ketones (excluding diaryl/α,β-unsaturated/α-hetero) is 1. The summed E-state index contributed by atoms with van der Waals surface area (Å²) in [7, 11) is 1.66. The van der Waals surface area contributed by atoms with Crippen LogP contribution >= 0.6 is 34.9 Å². The largest absolute Gasteiger partial charge is 0.497 e. The van der Waals surface area contributed by atoms with Gasteiger partial charge in [0.1, 0.15) is 5.75 Å². The lowest BCUT2D eigenvalue weighted by molar-refractivity contribution is 0.0994. The van der Waals surface area contributed by atoms with Crippen LogP contribution in [0.2, 0.25) is 0 Å². The van der Waals surface area contributed by atoms with Crippen LogP contribution in [0.1, 0.15) is 22.8 Å². The summed E-state index contributed by atoms with van der Waals surface area (Å²) in [6.07, 6.45) is 0. The summed E-state index contributed by atoms with van der Waals surface area (Å²) in [5, 5.41) is 8.25. The first kappa shape index (κ1) is 18.9. The van der Waals surface area contributed by atoms with Crippen molar-refractivity contribution >= 4 is 40.6 Å². The van der Waals surface area contributed by atoms with Crippen LogP contribution in [0.15, 0.2) is 63.3 Å². The standard InChI is InChI=1S/C19H18N2O2S3/c1-13(17(22)15-6-4-3-5-7-15)25-19-21-20-18(26-19)24-12-14-8-10-16(23-2)11-9-14/h3-11,13H,12H2,1-2H3. The number of benzene rings is 2. The number of thioether (sulfide) groups is 2. The smallest absolute Gasteiger partial charge is 0.175 e. The summed E-state index contributed by atoms with van der Waals surface area (Å²) in [5.74, 6) is 1.78. The van der Waals surface area contributed by atoms with E-state index in [1.54, 1.807) is 18.9 Å². The maximum atomic E-state index is 12.4. The van der Waals surface area contributed by atoms with Crippen LogP contribution in [0, 0.1) is 0 Å². The molecule has 1 heterocycles. The van der Waals surface area contributed by atoms with Gasteiger partial charge < -0.3 is 4.74 Å². The van der Waals surface area contributed by atoms with Gasteiger partial charge in [-0.25, -0.2) is 0 Å². The third kappa shape index (κ3) is 5.09. The van der Waals surface area contributed by atoms with Crippen LogP contribution in [-0.4, -0.2) is 28.3 Å². The summed E-state index contributed by atoms with van der Waals surface area (Å²) in [6.45, 7) is 1.91. The van der Waals surface area contributed by atoms with E-state index in [0.717, 1.165) is 25.7 Å². The molecule has 134 valence electrons. The lowest BCUT2D eigenvalue weighted by atomic mass is 10.1. The Morgan fingerprint density at radius 3 is 2.46 bits per heavy atom. The molecule has 0 bridgehead atoms. The fourth-order valence-corrected chi connectivity index (χ4v) is 5.41. The first-order valence-corrected chi connectivity index (χ1v) is 10.7. The Morgan fingerprint density at radius 2 is 1.77 bits per heavy atom. The van der Waals surface area contributed by atoms with Gasteiger partial charge in [-0.15, -0.1) is 10.2 Å². The molecule has 0 radical (unpaired) electrons. The lowest BCUT2D eigenvalue weighted by Crippen LogP contribution is -2.13. The molecule has 0 aliphatic carbocycles. The number of aromatic nitrogens is 2. The Balaban J connectivity index is 1.54. The Bertz CT molecular complexity index is 851. The lowest BCUT2D eigenvalue weighted by Gasteiger charge is -2.07. The molecule has 0 aliphatic rings. The van der Waals surface area contributed by atoms with E-state index in [9.17, 15) is 4.79 Å². The minimum atomic E-state index is -0.190. The number of hydrogen-bond donors (Lipinski definition) is 0. The van der Waals surface area contributed by atoms with Crippen molar-refractivity contribution in [2.24, 2.45) is 0 Å². The van der Waals surface area contributed by atoms with Gasteiger partial charge in [-0.2, -0.15) is 0 Å². The van der Waals surface area contributed by atoms with Crippen molar-refractivity contribution in [2.45, 2.75) is 26.6 Å². The number of ketones is 1. The van der Waals surface area contributed by atoms with Crippen molar-refractivity contribution < 1.29 is 9.53 Å². The minimum absolute atomic E-state index is 0.109. The zero-order valence-corrected chi connectivity index (χ0v) is 16.9. The molecular formula is C19H18N2O2S3. The van der Waals surface area contributed by atoms with Crippen LogP contribution in [0.3, 0.4) is 0 Å². The summed E-state index contributed by atoms with van der Waals surface area (Å²) < 4.78 is 6.89. The van der Waals surface area contributed by atoms with E-state index in [0.29, 0.717) is 0 Å². The molecule has 0 fully saturated rings. The van der Waals surface area contributed by atoms with Gasteiger partial charge >= 0.3 is 0 Å². The van der Waals surface area contributed by atoms with Crippen molar-refractivity contribution in [1.29, 1.82) is 0 Å². The number of carbonyl (C=O) groups is 1. The fourth-order valence-electron chi connectivity index (χ4n) is 2.21.